The number of nitrogens with one attached hydrogen (secondary N) is 2. The van der Waals surface area contributed by atoms with Crippen molar-refractivity contribution >= 4 is 5.91 Å². The number of carbonyl (C=O) groups is 1. The average molecular weight is 456 g/mol. The number of rotatable bonds is 6. The van der Waals surface area contributed by atoms with E-state index in [0.717, 1.165) is 5.56 Å². The Balaban J connectivity index is 2.15. The number of ether oxygens (including phenoxy) is 1. The first-order valence-corrected chi connectivity index (χ1v) is 9.20. The van der Waals surface area contributed by atoms with Crippen LogP contribution in [0.5, 0.6) is 0 Å². The van der Waals surface area contributed by atoms with Crippen LogP contribution < -0.4 is 16.8 Å². The number of amides is 1. The third-order valence-electron chi connectivity index (χ3n) is 5.19. The lowest BCUT2D eigenvalue weighted by molar-refractivity contribution is -0.413. The lowest BCUT2D eigenvalue weighted by Gasteiger charge is -2.42. The smallest absolute Gasteiger partial charge is 0.332 e. The number of hydrogen-bond donors (Lipinski definition) is 7. The van der Waals surface area contributed by atoms with Crippen molar-refractivity contribution in [1.82, 2.24) is 20.2 Å². The topological polar surface area (TPSA) is 198 Å². The first kappa shape index (κ1) is 23.7. The number of benzene rings is 1. The highest BCUT2D eigenvalue weighted by Gasteiger charge is 2.70. The maximum absolute atomic E-state index is 12.6. The molecule has 7 N–H and O–H groups in total. The molecule has 1 fully saturated rings. The van der Waals surface area contributed by atoms with Gasteiger partial charge >= 0.3 is 11.6 Å². The van der Waals surface area contributed by atoms with Crippen LogP contribution in [-0.2, 0) is 17.2 Å². The Morgan fingerprint density at radius 3 is 2.50 bits per heavy atom. The minimum Gasteiger partial charge on any atom is -0.394 e. The summed E-state index contributed by atoms with van der Waals surface area (Å²) in [5.74, 6) is -4.95. The Hall–Kier alpha value is -2.98. The summed E-state index contributed by atoms with van der Waals surface area (Å²) in [6.45, 7) is 0.328. The summed E-state index contributed by atoms with van der Waals surface area (Å²) >= 11 is 0. The van der Waals surface area contributed by atoms with E-state index in [1.165, 1.54) is 0 Å². The Bertz CT molecular complexity index is 1120. The summed E-state index contributed by atoms with van der Waals surface area (Å²) in [4.78, 5) is 37.5. The second kappa shape index (κ2) is 8.51. The van der Waals surface area contributed by atoms with Crippen molar-refractivity contribution in [3.8, 4) is 0 Å². The fourth-order valence-corrected chi connectivity index (χ4v) is 3.40. The molecule has 0 bridgehead atoms. The van der Waals surface area contributed by atoms with Crippen LogP contribution in [-0.4, -0.2) is 70.7 Å². The van der Waals surface area contributed by atoms with E-state index in [9.17, 15) is 44.5 Å². The summed E-state index contributed by atoms with van der Waals surface area (Å²) in [7, 11) is 0. The van der Waals surface area contributed by atoms with Crippen molar-refractivity contribution in [3.05, 3.63) is 68.0 Å². The van der Waals surface area contributed by atoms with E-state index in [4.69, 9.17) is 4.74 Å². The van der Waals surface area contributed by atoms with Crippen LogP contribution in [0.4, 0.5) is 4.48 Å². The van der Waals surface area contributed by atoms with E-state index in [1.807, 2.05) is 0 Å². The van der Waals surface area contributed by atoms with Crippen molar-refractivity contribution in [2.75, 3.05) is 6.61 Å². The van der Waals surface area contributed by atoms with E-state index in [1.54, 1.807) is 36.2 Å². The molecule has 0 spiro atoms. The van der Waals surface area contributed by atoms with Crippen molar-refractivity contribution < 1.29 is 39.6 Å². The van der Waals surface area contributed by atoms with Gasteiger partial charge in [0.2, 0.25) is 5.72 Å². The van der Waals surface area contributed by atoms with Gasteiger partial charge in [0, 0.05) is 6.20 Å². The number of aliphatic hydroxyl groups excluding tert-OH is 2. The molecule has 2 heterocycles. The molecule has 13 nitrogen and oxygen atoms in total. The summed E-state index contributed by atoms with van der Waals surface area (Å²) in [5, 5.41) is 53.1. The molecule has 1 aromatic carbocycles. The quantitative estimate of drug-likeness (QED) is 0.137. The molecule has 0 radical (unpaired) electrons. The molecule has 1 aliphatic rings. The highest BCUT2D eigenvalue weighted by molar-refractivity contribution is 5.92. The zero-order chi connectivity index (χ0) is 23.8. The predicted molar refractivity (Wildman–Crippen MR) is 102 cm³/mol. The number of nitrogens with zero attached hydrogens (tertiary/aromatic N) is 2. The average Bonchev–Trinajstić information content (AvgIpc) is 2.97. The molecule has 2 aromatic rings. The van der Waals surface area contributed by atoms with Crippen LogP contribution in [0.1, 0.15) is 21.5 Å². The van der Waals surface area contributed by atoms with Crippen LogP contribution in [0, 0.1) is 6.92 Å². The second-order valence-corrected chi connectivity index (χ2v) is 7.26. The number of carbonyl (C=O) groups excluding carboxylic acids is 1. The third kappa shape index (κ3) is 3.63. The highest BCUT2D eigenvalue weighted by atomic mass is 19.2. The zero-order valence-electron chi connectivity index (χ0n) is 16.6. The summed E-state index contributed by atoms with van der Waals surface area (Å²) in [5.41, 5.74) is -5.02. The minimum absolute atomic E-state index is 0.0738. The largest absolute Gasteiger partial charge is 0.394 e. The van der Waals surface area contributed by atoms with Gasteiger partial charge in [-0.1, -0.05) is 34.3 Å². The molecule has 174 valence electrons. The highest BCUT2D eigenvalue weighted by Crippen LogP contribution is 2.43. The Morgan fingerprint density at radius 1 is 1.31 bits per heavy atom. The molecule has 3 rings (SSSR count). The maximum atomic E-state index is 12.6. The molecule has 1 aromatic heterocycles. The number of aromatic amines is 1. The SMILES string of the molecule is Cc1ccc(CN(O)[C@@]2(O)[C@H](O)[C@@H](CO)O[C@]2(O)n2cc(C(=O)NF)c(=O)[nH]c2=O)cc1. The molecule has 14 heteroatoms. The maximum Gasteiger partial charge on any atom is 0.332 e. The van der Waals surface area contributed by atoms with Crippen LogP contribution >= 0.6 is 0 Å². The third-order valence-corrected chi connectivity index (χ3v) is 5.19. The van der Waals surface area contributed by atoms with Gasteiger partial charge in [-0.3, -0.25) is 14.6 Å². The number of aryl methyl sites for hydroxylation is 1. The molecular weight excluding hydrogens is 435 g/mol. The standard InChI is InChI=1S/C18H21FN4O9/c1-9-2-4-10(5-3-9)6-23(31)17(29)13(25)12(8-24)32-18(17,30)22-7-11(15(27)21-19)14(26)20-16(22)28/h2-5,7,12-13,24-25,29-31H,6,8H2,1H3,(H,21,27)(H,20,26,28)/t12-,13-,17-,18+/m1/s1. The first-order valence-electron chi connectivity index (χ1n) is 9.20. The first-order chi connectivity index (χ1) is 15.0. The monoisotopic (exact) mass is 456 g/mol. The van der Waals surface area contributed by atoms with E-state index in [0.29, 0.717) is 17.3 Å². The molecule has 0 saturated carbocycles. The molecule has 4 atom stereocenters. The van der Waals surface area contributed by atoms with Crippen LogP contribution in [0.15, 0.2) is 40.1 Å². The van der Waals surface area contributed by atoms with Gasteiger partial charge in [0.15, 0.2) is 0 Å². The lowest BCUT2D eigenvalue weighted by Crippen LogP contribution is -2.68. The molecule has 1 aliphatic heterocycles. The van der Waals surface area contributed by atoms with Crippen LogP contribution in [0.3, 0.4) is 0 Å². The molecule has 32 heavy (non-hydrogen) atoms. The van der Waals surface area contributed by atoms with Gasteiger partial charge in [-0.05, 0) is 12.5 Å². The summed E-state index contributed by atoms with van der Waals surface area (Å²) in [6.07, 6.45) is -3.56. The Kier molecular flexibility index (Phi) is 6.30. The van der Waals surface area contributed by atoms with Crippen molar-refractivity contribution in [1.29, 1.82) is 0 Å². The van der Waals surface area contributed by atoms with Crippen LogP contribution in [0.25, 0.3) is 0 Å². The van der Waals surface area contributed by atoms with Gasteiger partial charge in [0.25, 0.3) is 11.5 Å². The molecule has 0 aliphatic carbocycles. The molecule has 0 unspecified atom stereocenters. The van der Waals surface area contributed by atoms with Crippen molar-refractivity contribution in [2.24, 2.45) is 0 Å². The predicted octanol–water partition coefficient (Wildman–Crippen LogP) is -2.61. The van der Waals surface area contributed by atoms with Gasteiger partial charge in [0.1, 0.15) is 17.8 Å². The fourth-order valence-electron chi connectivity index (χ4n) is 3.40. The van der Waals surface area contributed by atoms with E-state index >= 15 is 0 Å². The molecule has 1 amide bonds. The van der Waals surface area contributed by atoms with Gasteiger partial charge < -0.3 is 30.4 Å². The number of hydrogen-bond acceptors (Lipinski definition) is 10. The lowest BCUT2D eigenvalue weighted by atomic mass is 10.00. The van der Waals surface area contributed by atoms with Crippen molar-refractivity contribution in [3.63, 3.8) is 0 Å². The van der Waals surface area contributed by atoms with E-state index < -0.39 is 59.7 Å². The van der Waals surface area contributed by atoms with Crippen molar-refractivity contribution in [2.45, 2.75) is 37.3 Å². The number of halogens is 1. The fraction of sp³-hybridized carbons (Fsp3) is 0.389. The van der Waals surface area contributed by atoms with Gasteiger partial charge in [-0.2, -0.15) is 5.54 Å². The zero-order valence-corrected chi connectivity index (χ0v) is 16.6. The number of aromatic nitrogens is 2. The van der Waals surface area contributed by atoms with E-state index in [-0.39, 0.29) is 9.63 Å². The Labute approximate surface area is 178 Å². The summed E-state index contributed by atoms with van der Waals surface area (Å²) < 4.78 is 17.8. The number of aliphatic hydroxyl groups is 4. The van der Waals surface area contributed by atoms with Gasteiger partial charge in [0.05, 0.1) is 13.2 Å². The van der Waals surface area contributed by atoms with Gasteiger partial charge in [-0.25, -0.2) is 9.36 Å². The second-order valence-electron chi connectivity index (χ2n) is 7.26. The van der Waals surface area contributed by atoms with Crippen LogP contribution in [0.2, 0.25) is 0 Å². The molecule has 1 saturated heterocycles. The van der Waals surface area contributed by atoms with E-state index in [2.05, 4.69) is 0 Å². The number of hydroxylamine groups is 2. The summed E-state index contributed by atoms with van der Waals surface area (Å²) in [6, 6.07) is 6.52. The number of H-pyrrole nitrogens is 1. The van der Waals surface area contributed by atoms with Gasteiger partial charge in [-0.15, -0.1) is 5.06 Å². The minimum atomic E-state index is -3.36. The normalized spacial score (nSPS) is 27.6. The molecular formula is C18H21FN4O9. The Morgan fingerprint density at radius 2 is 1.94 bits per heavy atom.